The van der Waals surface area contributed by atoms with E-state index in [9.17, 15) is 14.4 Å². The number of rotatable bonds is 7. The molecule has 1 amide bonds. The first-order valence-corrected chi connectivity index (χ1v) is 9.10. The lowest BCUT2D eigenvalue weighted by atomic mass is 10.1. The molecule has 0 saturated heterocycles. The molecule has 6 nitrogen and oxygen atoms in total. The molecule has 6 heteroatoms. The molecular formula is C22H21NO5. The van der Waals surface area contributed by atoms with Gasteiger partial charge in [-0.15, -0.1) is 0 Å². The number of para-hydroxylation sites is 1. The molecule has 0 aliphatic rings. The van der Waals surface area contributed by atoms with Crippen molar-refractivity contribution < 1.29 is 18.7 Å². The van der Waals surface area contributed by atoms with Crippen LogP contribution in [0.4, 0.5) is 0 Å². The normalized spacial score (nSPS) is 10.6. The van der Waals surface area contributed by atoms with E-state index in [0.29, 0.717) is 11.0 Å². The molecule has 0 saturated carbocycles. The van der Waals surface area contributed by atoms with Gasteiger partial charge in [0.05, 0.1) is 13.0 Å². The number of hydrogen-bond acceptors (Lipinski definition) is 5. The molecule has 144 valence electrons. The van der Waals surface area contributed by atoms with Gasteiger partial charge in [0.1, 0.15) is 11.1 Å². The molecule has 0 aliphatic carbocycles. The number of nitrogens with zero attached hydrogens (tertiary/aromatic N) is 1. The van der Waals surface area contributed by atoms with Gasteiger partial charge in [-0.05, 0) is 24.6 Å². The Balaban J connectivity index is 1.89. The molecule has 0 atom stereocenters. The van der Waals surface area contributed by atoms with Crippen molar-refractivity contribution in [2.24, 2.45) is 0 Å². The largest absolute Gasteiger partial charge is 0.466 e. The molecule has 0 aliphatic heterocycles. The lowest BCUT2D eigenvalue weighted by Crippen LogP contribution is -2.35. The molecule has 0 N–H and O–H groups in total. The summed E-state index contributed by atoms with van der Waals surface area (Å²) in [7, 11) is 0. The summed E-state index contributed by atoms with van der Waals surface area (Å²) in [6.07, 6.45) is 0.0470. The SMILES string of the molecule is CCOC(=O)CCN(Cc1ccccc1)C(=O)c1cc2ccccc2oc1=O. The molecule has 3 aromatic rings. The van der Waals surface area contributed by atoms with Crippen LogP contribution in [0.2, 0.25) is 0 Å². The second-order valence-electron chi connectivity index (χ2n) is 6.25. The monoisotopic (exact) mass is 379 g/mol. The maximum Gasteiger partial charge on any atom is 0.349 e. The minimum atomic E-state index is -0.696. The Labute approximate surface area is 162 Å². The number of esters is 1. The summed E-state index contributed by atoms with van der Waals surface area (Å²) in [5, 5.41) is 0.663. The number of hydrogen-bond donors (Lipinski definition) is 0. The first kappa shape index (κ1) is 19.4. The highest BCUT2D eigenvalue weighted by atomic mass is 16.5. The number of carbonyl (C=O) groups excluding carboxylic acids is 2. The Bertz CT molecular complexity index is 1030. The van der Waals surface area contributed by atoms with E-state index in [1.807, 2.05) is 30.3 Å². The van der Waals surface area contributed by atoms with Crippen molar-refractivity contribution in [3.8, 4) is 0 Å². The summed E-state index contributed by atoms with van der Waals surface area (Å²) < 4.78 is 10.2. The Hall–Kier alpha value is -3.41. The zero-order valence-electron chi connectivity index (χ0n) is 15.6. The summed E-state index contributed by atoms with van der Waals surface area (Å²) >= 11 is 0. The van der Waals surface area contributed by atoms with Crippen molar-refractivity contribution in [3.63, 3.8) is 0 Å². The van der Waals surface area contributed by atoms with E-state index in [1.54, 1.807) is 31.2 Å². The van der Waals surface area contributed by atoms with E-state index in [1.165, 1.54) is 11.0 Å². The fourth-order valence-electron chi connectivity index (χ4n) is 2.90. The van der Waals surface area contributed by atoms with E-state index in [0.717, 1.165) is 5.56 Å². The number of fused-ring (bicyclic) bond motifs is 1. The second kappa shape index (κ2) is 8.99. The molecule has 28 heavy (non-hydrogen) atoms. The third-order valence-electron chi connectivity index (χ3n) is 4.27. The van der Waals surface area contributed by atoms with Crippen molar-refractivity contribution >= 4 is 22.8 Å². The number of benzene rings is 2. The van der Waals surface area contributed by atoms with Crippen LogP contribution in [-0.4, -0.2) is 29.9 Å². The molecule has 0 fully saturated rings. The summed E-state index contributed by atoms with van der Waals surface area (Å²) in [6, 6.07) is 17.9. The first-order valence-electron chi connectivity index (χ1n) is 9.10. The maximum absolute atomic E-state index is 13.1. The highest BCUT2D eigenvalue weighted by molar-refractivity contribution is 5.96. The minimum absolute atomic E-state index is 0.0470. The molecule has 2 aromatic carbocycles. The molecule has 1 aromatic heterocycles. The Morgan fingerprint density at radius 3 is 2.50 bits per heavy atom. The molecular weight excluding hydrogens is 358 g/mol. The van der Waals surface area contributed by atoms with Crippen molar-refractivity contribution in [1.29, 1.82) is 0 Å². The third-order valence-corrected chi connectivity index (χ3v) is 4.27. The van der Waals surface area contributed by atoms with Crippen LogP contribution < -0.4 is 5.63 Å². The fraction of sp³-hybridized carbons (Fsp3) is 0.227. The third kappa shape index (κ3) is 4.65. The van der Waals surface area contributed by atoms with Gasteiger partial charge in [-0.3, -0.25) is 9.59 Å². The van der Waals surface area contributed by atoms with Gasteiger partial charge in [-0.2, -0.15) is 0 Å². The number of amides is 1. The van der Waals surface area contributed by atoms with Crippen LogP contribution in [0.5, 0.6) is 0 Å². The highest BCUT2D eigenvalue weighted by Gasteiger charge is 2.22. The average Bonchev–Trinajstić information content (AvgIpc) is 2.71. The lowest BCUT2D eigenvalue weighted by Gasteiger charge is -2.22. The van der Waals surface area contributed by atoms with Crippen LogP contribution in [0, 0.1) is 0 Å². The zero-order valence-corrected chi connectivity index (χ0v) is 15.6. The van der Waals surface area contributed by atoms with Gasteiger partial charge < -0.3 is 14.1 Å². The molecule has 0 unspecified atom stereocenters. The van der Waals surface area contributed by atoms with Gasteiger partial charge in [0.25, 0.3) is 5.91 Å². The smallest absolute Gasteiger partial charge is 0.349 e. The van der Waals surface area contributed by atoms with Crippen LogP contribution >= 0.6 is 0 Å². The average molecular weight is 379 g/mol. The number of ether oxygens (including phenoxy) is 1. The minimum Gasteiger partial charge on any atom is -0.466 e. The number of carbonyl (C=O) groups is 2. The topological polar surface area (TPSA) is 76.8 Å². The van der Waals surface area contributed by atoms with Crippen molar-refractivity contribution in [3.05, 3.63) is 82.2 Å². The standard InChI is InChI=1S/C22H21NO5/c1-2-27-20(24)12-13-23(15-16-8-4-3-5-9-16)21(25)18-14-17-10-6-7-11-19(17)28-22(18)26/h3-11,14H,2,12-13,15H2,1H3. The second-order valence-corrected chi connectivity index (χ2v) is 6.25. The van der Waals surface area contributed by atoms with Gasteiger partial charge >= 0.3 is 11.6 Å². The predicted molar refractivity (Wildman–Crippen MR) is 105 cm³/mol. The van der Waals surface area contributed by atoms with E-state index < -0.39 is 11.5 Å². The molecule has 3 rings (SSSR count). The van der Waals surface area contributed by atoms with E-state index >= 15 is 0 Å². The van der Waals surface area contributed by atoms with Gasteiger partial charge in [-0.25, -0.2) is 4.79 Å². The zero-order chi connectivity index (χ0) is 19.9. The van der Waals surface area contributed by atoms with E-state index in [4.69, 9.17) is 9.15 Å². The highest BCUT2D eigenvalue weighted by Crippen LogP contribution is 2.15. The van der Waals surface area contributed by atoms with Gasteiger partial charge in [0.2, 0.25) is 0 Å². The summed E-state index contributed by atoms with van der Waals surface area (Å²) in [6.45, 7) is 2.41. The van der Waals surface area contributed by atoms with Crippen LogP contribution in [0.1, 0.15) is 29.3 Å². The van der Waals surface area contributed by atoms with Crippen LogP contribution in [0.25, 0.3) is 11.0 Å². The Kier molecular flexibility index (Phi) is 6.22. The van der Waals surface area contributed by atoms with Crippen molar-refractivity contribution in [2.75, 3.05) is 13.2 Å². The van der Waals surface area contributed by atoms with Crippen molar-refractivity contribution in [2.45, 2.75) is 19.9 Å². The van der Waals surface area contributed by atoms with Gasteiger partial charge in [-0.1, -0.05) is 48.5 Å². The summed E-state index contributed by atoms with van der Waals surface area (Å²) in [5.41, 5.74) is 0.562. The van der Waals surface area contributed by atoms with Crippen LogP contribution in [0.15, 0.2) is 69.9 Å². The Morgan fingerprint density at radius 2 is 1.75 bits per heavy atom. The fourth-order valence-corrected chi connectivity index (χ4v) is 2.90. The van der Waals surface area contributed by atoms with Gasteiger partial charge in [0.15, 0.2) is 0 Å². The van der Waals surface area contributed by atoms with Crippen LogP contribution in [0.3, 0.4) is 0 Å². The lowest BCUT2D eigenvalue weighted by molar-refractivity contribution is -0.143. The van der Waals surface area contributed by atoms with Crippen LogP contribution in [-0.2, 0) is 16.1 Å². The molecule has 0 radical (unpaired) electrons. The van der Waals surface area contributed by atoms with Gasteiger partial charge in [0, 0.05) is 18.5 Å². The maximum atomic E-state index is 13.1. The van der Waals surface area contributed by atoms with Crippen molar-refractivity contribution in [1.82, 2.24) is 4.90 Å². The summed E-state index contributed by atoms with van der Waals surface area (Å²) in [5.74, 6) is -0.869. The molecule has 0 bridgehead atoms. The van der Waals surface area contributed by atoms with E-state index in [2.05, 4.69) is 0 Å². The molecule has 1 heterocycles. The summed E-state index contributed by atoms with van der Waals surface area (Å²) in [4.78, 5) is 38.7. The quantitative estimate of drug-likeness (QED) is 0.465. The predicted octanol–water partition coefficient (Wildman–Crippen LogP) is 3.39. The first-order chi connectivity index (χ1) is 13.6. The molecule has 0 spiro atoms. The van der Waals surface area contributed by atoms with E-state index in [-0.39, 0.29) is 37.6 Å². The Morgan fingerprint density at radius 1 is 1.04 bits per heavy atom.